The normalized spacial score (nSPS) is 10.4. The number of thiophene rings is 1. The van der Waals surface area contributed by atoms with Crippen LogP contribution < -0.4 is 9.47 Å². The van der Waals surface area contributed by atoms with Gasteiger partial charge in [-0.1, -0.05) is 0 Å². The summed E-state index contributed by atoms with van der Waals surface area (Å²) in [5, 5.41) is 6.87. The first-order valence-electron chi connectivity index (χ1n) is 7.14. The van der Waals surface area contributed by atoms with Gasteiger partial charge in [0.05, 0.1) is 12.8 Å². The zero-order chi connectivity index (χ0) is 16.8. The first kappa shape index (κ1) is 16.5. The predicted molar refractivity (Wildman–Crippen MR) is 93.7 cm³/mol. The van der Waals surface area contributed by atoms with Gasteiger partial charge < -0.3 is 14.2 Å². The molecular weight excluding hydrogens is 346 g/mol. The molecule has 0 atom stereocenters. The van der Waals surface area contributed by atoms with Crippen LogP contribution in [0.3, 0.4) is 0 Å². The topological polar surface area (TPSA) is 57.7 Å². The third-order valence-corrected chi connectivity index (χ3v) is 4.74. The molecule has 0 unspecified atom stereocenters. The molecule has 0 saturated heterocycles. The highest BCUT2D eigenvalue weighted by atomic mass is 32.1. The number of carbonyl (C=O) groups excluding carboxylic acids is 1. The highest BCUT2D eigenvalue weighted by molar-refractivity contribution is 7.14. The molecule has 124 valence electrons. The Morgan fingerprint density at radius 1 is 1.12 bits per heavy atom. The summed E-state index contributed by atoms with van der Waals surface area (Å²) in [6.45, 7) is -0.000698. The van der Waals surface area contributed by atoms with Crippen LogP contribution in [-0.4, -0.2) is 24.7 Å². The summed E-state index contributed by atoms with van der Waals surface area (Å²) < 4.78 is 15.6. The van der Waals surface area contributed by atoms with Gasteiger partial charge in [0, 0.05) is 16.3 Å². The minimum absolute atomic E-state index is 0.144. The van der Waals surface area contributed by atoms with Crippen molar-refractivity contribution in [3.8, 4) is 22.1 Å². The molecule has 0 fully saturated rings. The van der Waals surface area contributed by atoms with Crippen LogP contribution >= 0.6 is 22.7 Å². The van der Waals surface area contributed by atoms with Gasteiger partial charge in [0.15, 0.2) is 6.61 Å². The lowest BCUT2D eigenvalue weighted by Gasteiger charge is -2.07. The van der Waals surface area contributed by atoms with Gasteiger partial charge in [-0.05, 0) is 35.7 Å². The number of esters is 1. The Kier molecular flexibility index (Phi) is 5.45. The third-order valence-electron chi connectivity index (χ3n) is 3.12. The van der Waals surface area contributed by atoms with E-state index in [0.29, 0.717) is 5.75 Å². The molecular formula is C17H15NO4S2. The average molecular weight is 361 g/mol. The summed E-state index contributed by atoms with van der Waals surface area (Å²) in [4.78, 5) is 16.2. The van der Waals surface area contributed by atoms with Crippen molar-refractivity contribution in [3.63, 3.8) is 0 Å². The standard InChI is InChI=1S/C17H15NO4S2/c1-20-14-2-4-15(5-3-14)21-9-16(19)22-8-13-11-24-17(18-13)12-6-7-23-10-12/h2-7,10-11H,8-9H2,1H3. The molecule has 0 amide bonds. The summed E-state index contributed by atoms with van der Waals surface area (Å²) in [6, 6.07) is 9.02. The van der Waals surface area contributed by atoms with Gasteiger partial charge in [0.25, 0.3) is 0 Å². The molecule has 7 heteroatoms. The van der Waals surface area contributed by atoms with Gasteiger partial charge in [-0.15, -0.1) is 11.3 Å². The lowest BCUT2D eigenvalue weighted by molar-refractivity contribution is -0.147. The molecule has 0 radical (unpaired) electrons. The molecule has 3 rings (SSSR count). The van der Waals surface area contributed by atoms with E-state index in [9.17, 15) is 4.79 Å². The zero-order valence-electron chi connectivity index (χ0n) is 12.9. The maximum atomic E-state index is 11.8. The molecule has 1 aromatic carbocycles. The number of hydrogen-bond donors (Lipinski definition) is 0. The number of rotatable bonds is 7. The quantitative estimate of drug-likeness (QED) is 0.595. The number of aromatic nitrogens is 1. The first-order chi connectivity index (χ1) is 11.7. The van der Waals surface area contributed by atoms with Crippen molar-refractivity contribution in [2.24, 2.45) is 0 Å². The van der Waals surface area contributed by atoms with Gasteiger partial charge in [0.2, 0.25) is 0 Å². The van der Waals surface area contributed by atoms with Gasteiger partial charge in [0.1, 0.15) is 23.1 Å². The highest BCUT2D eigenvalue weighted by Crippen LogP contribution is 2.25. The number of hydrogen-bond acceptors (Lipinski definition) is 7. The molecule has 0 N–H and O–H groups in total. The smallest absolute Gasteiger partial charge is 0.344 e. The molecule has 0 spiro atoms. The van der Waals surface area contributed by atoms with Crippen LogP contribution in [-0.2, 0) is 16.1 Å². The number of carbonyl (C=O) groups is 1. The van der Waals surface area contributed by atoms with Gasteiger partial charge in [-0.25, -0.2) is 9.78 Å². The maximum Gasteiger partial charge on any atom is 0.344 e. The number of nitrogens with zero attached hydrogens (tertiary/aromatic N) is 1. The predicted octanol–water partition coefficient (Wildman–Crippen LogP) is 4.00. The Morgan fingerprint density at radius 3 is 2.62 bits per heavy atom. The van der Waals surface area contributed by atoms with Gasteiger partial charge in [-0.3, -0.25) is 0 Å². The van der Waals surface area contributed by atoms with E-state index in [2.05, 4.69) is 4.98 Å². The highest BCUT2D eigenvalue weighted by Gasteiger charge is 2.09. The Bertz CT molecular complexity index is 781. The van der Waals surface area contributed by atoms with Crippen LogP contribution in [0.4, 0.5) is 0 Å². The van der Waals surface area contributed by atoms with Crippen molar-refractivity contribution < 1.29 is 19.0 Å². The van der Waals surface area contributed by atoms with Crippen molar-refractivity contribution in [1.82, 2.24) is 4.98 Å². The van der Waals surface area contributed by atoms with Crippen molar-refractivity contribution >= 4 is 28.6 Å². The van der Waals surface area contributed by atoms with E-state index in [0.717, 1.165) is 22.0 Å². The molecule has 0 saturated carbocycles. The van der Waals surface area contributed by atoms with E-state index in [1.54, 1.807) is 42.7 Å². The molecule has 3 aromatic rings. The number of thiazole rings is 1. The van der Waals surface area contributed by atoms with Crippen molar-refractivity contribution in [3.05, 3.63) is 52.2 Å². The number of benzene rings is 1. The first-order valence-corrected chi connectivity index (χ1v) is 8.96. The summed E-state index contributed by atoms with van der Waals surface area (Å²) >= 11 is 3.16. The lowest BCUT2D eigenvalue weighted by Crippen LogP contribution is -2.14. The Morgan fingerprint density at radius 2 is 1.92 bits per heavy atom. The van der Waals surface area contributed by atoms with E-state index in [-0.39, 0.29) is 13.2 Å². The van der Waals surface area contributed by atoms with Crippen molar-refractivity contribution in [1.29, 1.82) is 0 Å². The minimum Gasteiger partial charge on any atom is -0.497 e. The van der Waals surface area contributed by atoms with Crippen LogP contribution in [0.25, 0.3) is 10.6 Å². The van der Waals surface area contributed by atoms with E-state index in [1.165, 1.54) is 11.3 Å². The SMILES string of the molecule is COc1ccc(OCC(=O)OCc2csc(-c3ccsc3)n2)cc1. The Hall–Kier alpha value is -2.38. The van der Waals surface area contributed by atoms with E-state index >= 15 is 0 Å². The molecule has 2 aromatic heterocycles. The largest absolute Gasteiger partial charge is 0.497 e. The summed E-state index contributed by atoms with van der Waals surface area (Å²) in [7, 11) is 1.59. The Balaban J connectivity index is 1.45. The average Bonchev–Trinajstić information content (AvgIpc) is 3.29. The second kappa shape index (κ2) is 7.94. The molecule has 0 aliphatic heterocycles. The molecule has 5 nitrogen and oxygen atoms in total. The molecule has 0 aliphatic rings. The van der Waals surface area contributed by atoms with E-state index < -0.39 is 5.97 Å². The van der Waals surface area contributed by atoms with Crippen LogP contribution in [0, 0.1) is 0 Å². The lowest BCUT2D eigenvalue weighted by atomic mass is 10.3. The van der Waals surface area contributed by atoms with Crippen molar-refractivity contribution in [2.75, 3.05) is 13.7 Å². The molecule has 0 aliphatic carbocycles. The van der Waals surface area contributed by atoms with Crippen LogP contribution in [0.5, 0.6) is 11.5 Å². The Labute approximate surface area is 147 Å². The van der Waals surface area contributed by atoms with E-state index in [4.69, 9.17) is 14.2 Å². The monoisotopic (exact) mass is 361 g/mol. The maximum absolute atomic E-state index is 11.8. The fourth-order valence-corrected chi connectivity index (χ4v) is 3.42. The second-order valence-electron chi connectivity index (χ2n) is 4.78. The fraction of sp³-hybridized carbons (Fsp3) is 0.176. The third kappa shape index (κ3) is 4.33. The van der Waals surface area contributed by atoms with Gasteiger partial charge >= 0.3 is 5.97 Å². The molecule has 0 bridgehead atoms. The zero-order valence-corrected chi connectivity index (χ0v) is 14.6. The van der Waals surface area contributed by atoms with Crippen LogP contribution in [0.2, 0.25) is 0 Å². The summed E-state index contributed by atoms with van der Waals surface area (Å²) in [5.74, 6) is 0.881. The van der Waals surface area contributed by atoms with Crippen LogP contribution in [0.1, 0.15) is 5.69 Å². The molecule has 2 heterocycles. The molecule has 24 heavy (non-hydrogen) atoms. The summed E-state index contributed by atoms with van der Waals surface area (Å²) in [5.41, 5.74) is 1.82. The van der Waals surface area contributed by atoms with E-state index in [1.807, 2.05) is 22.2 Å². The fourth-order valence-electron chi connectivity index (χ4n) is 1.90. The number of ether oxygens (including phenoxy) is 3. The van der Waals surface area contributed by atoms with Crippen molar-refractivity contribution in [2.45, 2.75) is 6.61 Å². The minimum atomic E-state index is -0.434. The van der Waals surface area contributed by atoms with Gasteiger partial charge in [-0.2, -0.15) is 11.3 Å². The number of methoxy groups -OCH3 is 1. The summed E-state index contributed by atoms with van der Waals surface area (Å²) in [6.07, 6.45) is 0. The van der Waals surface area contributed by atoms with Crippen LogP contribution in [0.15, 0.2) is 46.5 Å². The second-order valence-corrected chi connectivity index (χ2v) is 6.42.